The molecule has 1 heterocycles. The first-order valence-electron chi connectivity index (χ1n) is 5.57. The van der Waals surface area contributed by atoms with E-state index in [1.165, 1.54) is 0 Å². The summed E-state index contributed by atoms with van der Waals surface area (Å²) in [6.07, 6.45) is -3.28. The van der Waals surface area contributed by atoms with Gasteiger partial charge in [0.05, 0.1) is 11.3 Å². The van der Waals surface area contributed by atoms with Crippen molar-refractivity contribution in [3.05, 3.63) is 30.3 Å². The molecule has 1 saturated heterocycles. The highest BCUT2D eigenvalue weighted by atomic mass is 32.2. The van der Waals surface area contributed by atoms with Gasteiger partial charge in [0, 0.05) is 11.4 Å². The van der Waals surface area contributed by atoms with E-state index >= 15 is 0 Å². The van der Waals surface area contributed by atoms with Crippen molar-refractivity contribution in [1.29, 1.82) is 0 Å². The smallest absolute Gasteiger partial charge is 0.304 e. The third-order valence-corrected chi connectivity index (χ3v) is 4.08. The van der Waals surface area contributed by atoms with E-state index in [4.69, 9.17) is 0 Å². The Morgan fingerprint density at radius 1 is 1.12 bits per heavy atom. The van der Waals surface area contributed by atoms with Gasteiger partial charge >= 0.3 is 6.18 Å². The Kier molecular flexibility index (Phi) is 3.99. The summed E-state index contributed by atoms with van der Waals surface area (Å²) < 4.78 is 37.3. The Morgan fingerprint density at radius 2 is 1.82 bits per heavy atom. The van der Waals surface area contributed by atoms with Gasteiger partial charge in [-0.15, -0.1) is 11.8 Å². The standard InChI is InChI=1S/C12H14F3NS/c13-12(14,15)9-6-7-11(16-8-9)17-10-4-2-1-3-5-10/h1-5,9,11,16H,6-8H2. The van der Waals surface area contributed by atoms with Crippen LogP contribution in [0, 0.1) is 5.92 Å². The average Bonchev–Trinajstić information content (AvgIpc) is 2.30. The second-order valence-electron chi connectivity index (χ2n) is 4.14. The van der Waals surface area contributed by atoms with Gasteiger partial charge in [-0.25, -0.2) is 0 Å². The summed E-state index contributed by atoms with van der Waals surface area (Å²) in [6.45, 7) is 0.0357. The number of nitrogens with one attached hydrogen (secondary N) is 1. The van der Waals surface area contributed by atoms with Crippen LogP contribution in [0.25, 0.3) is 0 Å². The molecule has 2 unspecified atom stereocenters. The lowest BCUT2D eigenvalue weighted by Crippen LogP contribution is -2.42. The molecule has 2 rings (SSSR count). The van der Waals surface area contributed by atoms with Crippen LogP contribution in [0.2, 0.25) is 0 Å². The van der Waals surface area contributed by atoms with Crippen LogP contribution in [0.3, 0.4) is 0 Å². The molecular weight excluding hydrogens is 247 g/mol. The lowest BCUT2D eigenvalue weighted by Gasteiger charge is -2.30. The van der Waals surface area contributed by atoms with Crippen LogP contribution < -0.4 is 5.32 Å². The zero-order chi connectivity index (χ0) is 12.3. The molecule has 1 aromatic rings. The summed E-state index contributed by atoms with van der Waals surface area (Å²) in [5, 5.41) is 3.06. The maximum absolute atomic E-state index is 12.4. The summed E-state index contributed by atoms with van der Waals surface area (Å²) in [5.41, 5.74) is 0. The maximum atomic E-state index is 12.4. The Bertz CT molecular complexity index is 345. The highest BCUT2D eigenvalue weighted by molar-refractivity contribution is 7.99. The Labute approximate surface area is 103 Å². The third kappa shape index (κ3) is 3.64. The summed E-state index contributed by atoms with van der Waals surface area (Å²) in [7, 11) is 0. The number of rotatable bonds is 2. The summed E-state index contributed by atoms with van der Waals surface area (Å²) in [6, 6.07) is 9.75. The molecule has 0 radical (unpaired) electrons. The SMILES string of the molecule is FC(F)(F)C1CCC(Sc2ccccc2)NC1. The van der Waals surface area contributed by atoms with Crippen LogP contribution in [0.1, 0.15) is 12.8 Å². The average molecular weight is 261 g/mol. The van der Waals surface area contributed by atoms with Gasteiger partial charge < -0.3 is 5.32 Å². The minimum Gasteiger partial charge on any atom is -0.304 e. The van der Waals surface area contributed by atoms with Crippen molar-refractivity contribution in [2.75, 3.05) is 6.54 Å². The lowest BCUT2D eigenvalue weighted by atomic mass is 9.99. The van der Waals surface area contributed by atoms with Crippen LogP contribution >= 0.6 is 11.8 Å². The van der Waals surface area contributed by atoms with E-state index in [0.717, 1.165) is 4.90 Å². The molecule has 1 aliphatic rings. The number of benzene rings is 1. The molecule has 94 valence electrons. The molecule has 0 amide bonds. The fourth-order valence-corrected chi connectivity index (χ4v) is 2.95. The lowest BCUT2D eigenvalue weighted by molar-refractivity contribution is -0.178. The number of thioether (sulfide) groups is 1. The summed E-state index contributed by atoms with van der Waals surface area (Å²) in [5.74, 6) is -1.19. The minimum absolute atomic E-state index is 0.0357. The van der Waals surface area contributed by atoms with E-state index in [1.807, 2.05) is 30.3 Å². The van der Waals surface area contributed by atoms with Gasteiger partial charge in [-0.05, 0) is 25.0 Å². The molecule has 2 atom stereocenters. The van der Waals surface area contributed by atoms with Gasteiger partial charge in [-0.2, -0.15) is 13.2 Å². The van der Waals surface area contributed by atoms with Crippen molar-refractivity contribution in [1.82, 2.24) is 5.32 Å². The first-order valence-corrected chi connectivity index (χ1v) is 6.45. The second kappa shape index (κ2) is 5.31. The maximum Gasteiger partial charge on any atom is 0.393 e. The van der Waals surface area contributed by atoms with Crippen molar-refractivity contribution in [3.8, 4) is 0 Å². The molecule has 5 heteroatoms. The topological polar surface area (TPSA) is 12.0 Å². The zero-order valence-electron chi connectivity index (χ0n) is 9.20. The third-order valence-electron chi connectivity index (χ3n) is 2.85. The van der Waals surface area contributed by atoms with E-state index in [2.05, 4.69) is 5.32 Å². The predicted molar refractivity (Wildman–Crippen MR) is 62.9 cm³/mol. The molecule has 0 bridgehead atoms. The van der Waals surface area contributed by atoms with Crippen LogP contribution in [0.4, 0.5) is 13.2 Å². The van der Waals surface area contributed by atoms with Gasteiger partial charge in [0.1, 0.15) is 0 Å². The van der Waals surface area contributed by atoms with E-state index < -0.39 is 12.1 Å². The molecule has 0 saturated carbocycles. The molecule has 1 N–H and O–H groups in total. The number of piperidine rings is 1. The van der Waals surface area contributed by atoms with Crippen LogP contribution in [0.5, 0.6) is 0 Å². The second-order valence-corrected chi connectivity index (χ2v) is 5.42. The van der Waals surface area contributed by atoms with E-state index in [1.54, 1.807) is 11.8 Å². The highest BCUT2D eigenvalue weighted by Crippen LogP contribution is 2.35. The fraction of sp³-hybridized carbons (Fsp3) is 0.500. The van der Waals surface area contributed by atoms with Gasteiger partial charge in [-0.1, -0.05) is 18.2 Å². The van der Waals surface area contributed by atoms with Gasteiger partial charge in [0.15, 0.2) is 0 Å². The van der Waals surface area contributed by atoms with Crippen LogP contribution in [0.15, 0.2) is 35.2 Å². The van der Waals surface area contributed by atoms with Crippen LogP contribution in [-0.2, 0) is 0 Å². The van der Waals surface area contributed by atoms with Crippen molar-refractivity contribution in [2.45, 2.75) is 29.3 Å². The van der Waals surface area contributed by atoms with Gasteiger partial charge in [0.2, 0.25) is 0 Å². The van der Waals surface area contributed by atoms with Crippen molar-refractivity contribution < 1.29 is 13.2 Å². The number of hydrogen-bond donors (Lipinski definition) is 1. The van der Waals surface area contributed by atoms with Crippen molar-refractivity contribution >= 4 is 11.8 Å². The monoisotopic (exact) mass is 261 g/mol. The first kappa shape index (κ1) is 12.8. The molecule has 0 spiro atoms. The fourth-order valence-electron chi connectivity index (χ4n) is 1.87. The van der Waals surface area contributed by atoms with E-state index in [-0.39, 0.29) is 18.3 Å². The number of hydrogen-bond acceptors (Lipinski definition) is 2. The number of halogens is 3. The Hall–Kier alpha value is -0.680. The minimum atomic E-state index is -4.06. The quantitative estimate of drug-likeness (QED) is 0.871. The molecule has 1 nitrogen and oxygen atoms in total. The molecular formula is C12H14F3NS. The summed E-state index contributed by atoms with van der Waals surface area (Å²) in [4.78, 5) is 1.09. The zero-order valence-corrected chi connectivity index (χ0v) is 10.0. The molecule has 1 aliphatic heterocycles. The van der Waals surface area contributed by atoms with E-state index in [0.29, 0.717) is 6.42 Å². The largest absolute Gasteiger partial charge is 0.393 e. The van der Waals surface area contributed by atoms with E-state index in [9.17, 15) is 13.2 Å². The molecule has 1 fully saturated rings. The molecule has 0 aromatic heterocycles. The predicted octanol–water partition coefficient (Wildman–Crippen LogP) is 3.67. The normalized spacial score (nSPS) is 25.8. The van der Waals surface area contributed by atoms with Gasteiger partial charge in [-0.3, -0.25) is 0 Å². The van der Waals surface area contributed by atoms with Gasteiger partial charge in [0.25, 0.3) is 0 Å². The van der Waals surface area contributed by atoms with Crippen molar-refractivity contribution in [3.63, 3.8) is 0 Å². The molecule has 1 aromatic carbocycles. The number of alkyl halides is 3. The molecule has 17 heavy (non-hydrogen) atoms. The Morgan fingerprint density at radius 3 is 2.35 bits per heavy atom. The van der Waals surface area contributed by atoms with Crippen LogP contribution in [-0.4, -0.2) is 18.1 Å². The highest BCUT2D eigenvalue weighted by Gasteiger charge is 2.41. The molecule has 0 aliphatic carbocycles. The first-order chi connectivity index (χ1) is 8.05. The van der Waals surface area contributed by atoms with Crippen molar-refractivity contribution in [2.24, 2.45) is 5.92 Å². The Balaban J connectivity index is 1.84. The summed E-state index contributed by atoms with van der Waals surface area (Å²) >= 11 is 1.60.